The average molecular weight is 299 g/mol. The van der Waals surface area contributed by atoms with E-state index in [1.807, 2.05) is 18.2 Å². The summed E-state index contributed by atoms with van der Waals surface area (Å²) in [4.78, 5) is 4.61. The summed E-state index contributed by atoms with van der Waals surface area (Å²) in [6.07, 6.45) is 0. The first-order valence-corrected chi connectivity index (χ1v) is 8.64. The summed E-state index contributed by atoms with van der Waals surface area (Å²) in [5.41, 5.74) is 1.88. The van der Waals surface area contributed by atoms with Crippen LogP contribution in [0.3, 0.4) is 0 Å². The molecule has 0 aromatic heterocycles. The Bertz CT molecular complexity index is 432. The second-order valence-corrected chi connectivity index (χ2v) is 7.27. The fourth-order valence-electron chi connectivity index (χ4n) is 2.29. The van der Waals surface area contributed by atoms with Crippen LogP contribution in [0.25, 0.3) is 0 Å². The standard InChI is InChI=1S/C12H16N2O2Se/c15-17-10-14(9-13-5-7-16-8-6-13)11-3-1-2-4-12(11)17/h1-4H,5-10H2. The van der Waals surface area contributed by atoms with Crippen LogP contribution in [0.1, 0.15) is 0 Å². The Hall–Kier alpha value is -0.741. The fourth-order valence-corrected chi connectivity index (χ4v) is 5.03. The molecule has 1 atom stereocenters. The minimum absolute atomic E-state index is 0.719. The summed E-state index contributed by atoms with van der Waals surface area (Å²) in [5, 5.41) is 0. The van der Waals surface area contributed by atoms with Gasteiger partial charge in [0.15, 0.2) is 0 Å². The molecule has 2 heterocycles. The molecule has 0 radical (unpaired) electrons. The van der Waals surface area contributed by atoms with E-state index in [-0.39, 0.29) is 0 Å². The number of morpholine rings is 1. The Kier molecular flexibility index (Phi) is 3.25. The third kappa shape index (κ3) is 2.29. The molecule has 2 aliphatic heterocycles. The summed E-state index contributed by atoms with van der Waals surface area (Å²) in [5.74, 6) is 0. The van der Waals surface area contributed by atoms with E-state index >= 15 is 0 Å². The van der Waals surface area contributed by atoms with Gasteiger partial charge in [-0.25, -0.2) is 0 Å². The molecule has 0 aliphatic carbocycles. The zero-order chi connectivity index (χ0) is 11.7. The Morgan fingerprint density at radius 2 is 2.00 bits per heavy atom. The van der Waals surface area contributed by atoms with Crippen molar-refractivity contribution in [3.8, 4) is 0 Å². The van der Waals surface area contributed by atoms with Crippen LogP contribution in [0.15, 0.2) is 24.3 Å². The molecule has 1 aromatic rings. The van der Waals surface area contributed by atoms with Crippen molar-refractivity contribution >= 4 is 24.0 Å². The fraction of sp³-hybridized carbons (Fsp3) is 0.500. The summed E-state index contributed by atoms with van der Waals surface area (Å²) >= 11 is -1.82. The topological polar surface area (TPSA) is 32.8 Å². The number of para-hydroxylation sites is 1. The molecule has 1 saturated heterocycles. The Labute approximate surface area is 105 Å². The number of nitrogens with zero attached hydrogens (tertiary/aromatic N) is 2. The molecular weight excluding hydrogens is 283 g/mol. The van der Waals surface area contributed by atoms with Crippen LogP contribution in [0.2, 0.25) is 0 Å². The number of anilines is 1. The molecule has 92 valence electrons. The van der Waals surface area contributed by atoms with Crippen LogP contribution in [-0.2, 0) is 8.57 Å². The van der Waals surface area contributed by atoms with Gasteiger partial charge in [0.25, 0.3) is 0 Å². The van der Waals surface area contributed by atoms with E-state index in [0.29, 0.717) is 0 Å². The molecule has 1 aromatic carbocycles. The van der Waals surface area contributed by atoms with Crippen molar-refractivity contribution < 1.29 is 8.57 Å². The number of benzene rings is 1. The molecule has 5 heteroatoms. The maximum atomic E-state index is 12.0. The van der Waals surface area contributed by atoms with Gasteiger partial charge in [0.2, 0.25) is 0 Å². The minimum atomic E-state index is -1.82. The van der Waals surface area contributed by atoms with Crippen molar-refractivity contribution in [2.45, 2.75) is 0 Å². The van der Waals surface area contributed by atoms with E-state index < -0.39 is 13.8 Å². The van der Waals surface area contributed by atoms with Gasteiger partial charge in [-0.1, -0.05) is 0 Å². The van der Waals surface area contributed by atoms with Gasteiger partial charge in [0.05, 0.1) is 0 Å². The van der Waals surface area contributed by atoms with Crippen LogP contribution >= 0.6 is 0 Å². The normalized spacial score (nSPS) is 24.9. The Morgan fingerprint density at radius 3 is 2.82 bits per heavy atom. The molecule has 3 rings (SSSR count). The second-order valence-electron chi connectivity index (χ2n) is 4.35. The summed E-state index contributed by atoms with van der Waals surface area (Å²) in [7, 11) is 0. The number of ether oxygens (including phenoxy) is 1. The number of hydrogen-bond acceptors (Lipinski definition) is 4. The first-order valence-electron chi connectivity index (χ1n) is 5.87. The monoisotopic (exact) mass is 300 g/mol. The van der Waals surface area contributed by atoms with Crippen molar-refractivity contribution in [2.24, 2.45) is 0 Å². The maximum absolute atomic E-state index is 12.0. The Balaban J connectivity index is 1.75. The van der Waals surface area contributed by atoms with Gasteiger partial charge in [-0.15, -0.1) is 0 Å². The molecule has 0 amide bonds. The molecule has 4 nitrogen and oxygen atoms in total. The second kappa shape index (κ2) is 4.86. The molecule has 17 heavy (non-hydrogen) atoms. The number of hydrogen-bond donors (Lipinski definition) is 0. The molecule has 0 spiro atoms. The van der Waals surface area contributed by atoms with Crippen LogP contribution in [0, 0.1) is 0 Å². The zero-order valence-corrected chi connectivity index (χ0v) is 11.4. The van der Waals surface area contributed by atoms with E-state index in [1.54, 1.807) is 0 Å². The number of rotatable bonds is 2. The van der Waals surface area contributed by atoms with Gasteiger partial charge < -0.3 is 0 Å². The van der Waals surface area contributed by atoms with Gasteiger partial charge in [0, 0.05) is 0 Å². The molecule has 0 N–H and O–H groups in total. The van der Waals surface area contributed by atoms with Crippen molar-refractivity contribution in [1.82, 2.24) is 4.90 Å². The molecule has 1 fully saturated rings. The third-order valence-corrected chi connectivity index (χ3v) is 6.10. The predicted molar refractivity (Wildman–Crippen MR) is 67.1 cm³/mol. The quantitative estimate of drug-likeness (QED) is 0.718. The van der Waals surface area contributed by atoms with Gasteiger partial charge in [-0.2, -0.15) is 0 Å². The molecule has 1 unspecified atom stereocenters. The zero-order valence-electron chi connectivity index (χ0n) is 9.67. The molecular formula is C12H16N2O2Se. The van der Waals surface area contributed by atoms with E-state index in [1.165, 1.54) is 5.69 Å². The molecule has 0 saturated carbocycles. The Morgan fingerprint density at radius 1 is 1.24 bits per heavy atom. The summed E-state index contributed by atoms with van der Waals surface area (Å²) in [6, 6.07) is 8.09. The average Bonchev–Trinajstić information content (AvgIpc) is 2.69. The van der Waals surface area contributed by atoms with E-state index in [4.69, 9.17) is 4.74 Å². The van der Waals surface area contributed by atoms with Crippen LogP contribution in [0.5, 0.6) is 0 Å². The van der Waals surface area contributed by atoms with Crippen molar-refractivity contribution in [3.63, 3.8) is 0 Å². The third-order valence-electron chi connectivity index (χ3n) is 3.20. The van der Waals surface area contributed by atoms with Crippen molar-refractivity contribution in [1.29, 1.82) is 0 Å². The van der Waals surface area contributed by atoms with Crippen LogP contribution in [-0.4, -0.2) is 57.1 Å². The predicted octanol–water partition coefficient (Wildman–Crippen LogP) is -0.0355. The van der Waals surface area contributed by atoms with Gasteiger partial charge in [-0.05, 0) is 0 Å². The van der Waals surface area contributed by atoms with Gasteiger partial charge >= 0.3 is 105 Å². The SMILES string of the molecule is O=[Se]1CN(CN2CCOCC2)c2ccccc21. The van der Waals surface area contributed by atoms with Crippen molar-refractivity contribution in [3.05, 3.63) is 24.3 Å². The molecule has 0 bridgehead atoms. The number of fused-ring (bicyclic) bond motifs is 1. The summed E-state index contributed by atoms with van der Waals surface area (Å²) in [6.45, 7) is 4.45. The van der Waals surface area contributed by atoms with E-state index in [2.05, 4.69) is 15.9 Å². The molecule has 2 aliphatic rings. The first-order chi connectivity index (χ1) is 8.34. The summed E-state index contributed by atoms with van der Waals surface area (Å²) < 4.78 is 18.5. The van der Waals surface area contributed by atoms with Crippen LogP contribution < -0.4 is 9.36 Å². The van der Waals surface area contributed by atoms with Gasteiger partial charge in [0.1, 0.15) is 0 Å². The van der Waals surface area contributed by atoms with E-state index in [0.717, 1.165) is 42.9 Å². The van der Waals surface area contributed by atoms with Gasteiger partial charge in [-0.3, -0.25) is 0 Å². The van der Waals surface area contributed by atoms with E-state index in [9.17, 15) is 3.83 Å². The van der Waals surface area contributed by atoms with Crippen molar-refractivity contribution in [2.75, 3.05) is 43.3 Å². The first kappa shape index (κ1) is 11.4. The van der Waals surface area contributed by atoms with Crippen LogP contribution in [0.4, 0.5) is 5.69 Å².